The van der Waals surface area contributed by atoms with Crippen molar-refractivity contribution in [3.05, 3.63) is 197 Å². The molecule has 1 aliphatic heterocycles. The van der Waals surface area contributed by atoms with Gasteiger partial charge in [0.25, 0.3) is 0 Å². The van der Waals surface area contributed by atoms with Crippen LogP contribution in [-0.4, -0.2) is 9.97 Å². The van der Waals surface area contributed by atoms with Crippen LogP contribution in [0.25, 0.3) is 56.2 Å². The summed E-state index contributed by atoms with van der Waals surface area (Å²) in [4.78, 5) is 12.9. The van der Waals surface area contributed by atoms with Gasteiger partial charge in [0.15, 0.2) is 5.82 Å². The van der Waals surface area contributed by atoms with E-state index in [2.05, 4.69) is 165 Å². The van der Waals surface area contributed by atoms with Crippen molar-refractivity contribution in [2.24, 2.45) is 5.92 Å². The highest BCUT2D eigenvalue weighted by Crippen LogP contribution is 2.65. The quantitative estimate of drug-likeness (QED) is 0.186. The van der Waals surface area contributed by atoms with E-state index in [-0.39, 0.29) is 5.41 Å². The minimum Gasteiger partial charge on any atom is -0.228 e. The van der Waals surface area contributed by atoms with Crippen LogP contribution in [-0.2, 0) is 5.41 Å². The number of hydrogen-bond donors (Lipinski definition) is 0. The summed E-state index contributed by atoms with van der Waals surface area (Å²) in [6.07, 6.45) is 5.79. The lowest BCUT2D eigenvalue weighted by molar-refractivity contribution is 0.566. The van der Waals surface area contributed by atoms with Crippen LogP contribution >= 0.6 is 11.8 Å². The van der Waals surface area contributed by atoms with Crippen molar-refractivity contribution < 1.29 is 0 Å². The zero-order valence-electron chi connectivity index (χ0n) is 28.3. The molecule has 0 fully saturated rings. The Morgan fingerprint density at radius 1 is 0.549 bits per heavy atom. The average Bonchev–Trinajstić information content (AvgIpc) is 3.49. The molecule has 1 aromatic heterocycles. The number of rotatable bonds is 4. The van der Waals surface area contributed by atoms with E-state index in [1.165, 1.54) is 54.3 Å². The van der Waals surface area contributed by atoms with Gasteiger partial charge in [-0.3, -0.25) is 0 Å². The van der Waals surface area contributed by atoms with Gasteiger partial charge in [0.05, 0.1) is 16.8 Å². The van der Waals surface area contributed by atoms with Crippen molar-refractivity contribution in [3.63, 3.8) is 0 Å². The number of hydrogen-bond acceptors (Lipinski definition) is 3. The third-order valence-electron chi connectivity index (χ3n) is 10.8. The predicted octanol–water partition coefficient (Wildman–Crippen LogP) is 12.4. The van der Waals surface area contributed by atoms with Gasteiger partial charge in [-0.25, -0.2) is 9.97 Å². The van der Waals surface area contributed by atoms with Gasteiger partial charge in [-0.2, -0.15) is 0 Å². The summed E-state index contributed by atoms with van der Waals surface area (Å²) in [7, 11) is 0. The molecule has 3 aliphatic rings. The van der Waals surface area contributed by atoms with E-state index < -0.39 is 0 Å². The standard InChI is InChI=1S/C48H34N2S/c1-31-14-12-25-44-45(31)48(40-23-10-11-24-43(40)51-44)39-22-9-8-19-37(39)38-21-13-20-36(46(38)48)32-26-28-35(29-27-32)47-49-41(33-15-4-2-5-16-33)30-42(50-47)34-17-6-3-7-18-34/h2-13,15-31H,14H2,1H3. The highest BCUT2D eigenvalue weighted by molar-refractivity contribution is 8.03. The van der Waals surface area contributed by atoms with E-state index in [0.29, 0.717) is 5.92 Å². The van der Waals surface area contributed by atoms with Gasteiger partial charge in [-0.05, 0) is 69.0 Å². The highest BCUT2D eigenvalue weighted by atomic mass is 32.2. The second-order valence-electron chi connectivity index (χ2n) is 13.7. The maximum atomic E-state index is 5.11. The van der Waals surface area contributed by atoms with Crippen LogP contribution in [0, 0.1) is 5.92 Å². The number of allylic oxidation sites excluding steroid dienone is 3. The molecule has 1 spiro atoms. The van der Waals surface area contributed by atoms with Crippen LogP contribution in [0.4, 0.5) is 0 Å². The molecular weight excluding hydrogens is 637 g/mol. The molecule has 0 saturated carbocycles. The number of nitrogens with zero attached hydrogens (tertiary/aromatic N) is 2. The lowest BCUT2D eigenvalue weighted by Gasteiger charge is -2.45. The summed E-state index contributed by atoms with van der Waals surface area (Å²) in [5.74, 6) is 1.13. The first-order chi connectivity index (χ1) is 25.2. The minimum absolute atomic E-state index is 0.375. The van der Waals surface area contributed by atoms with E-state index in [1.54, 1.807) is 0 Å². The first kappa shape index (κ1) is 30.1. The van der Waals surface area contributed by atoms with Crippen molar-refractivity contribution in [1.82, 2.24) is 9.97 Å². The zero-order chi connectivity index (χ0) is 33.9. The molecule has 3 heteroatoms. The molecule has 0 bridgehead atoms. The molecule has 0 amide bonds. The van der Waals surface area contributed by atoms with Crippen LogP contribution in [0.2, 0.25) is 0 Å². The Morgan fingerprint density at radius 2 is 1.14 bits per heavy atom. The van der Waals surface area contributed by atoms with Crippen LogP contribution < -0.4 is 0 Å². The molecule has 0 N–H and O–H groups in total. The lowest BCUT2D eigenvalue weighted by atomic mass is 9.61. The predicted molar refractivity (Wildman–Crippen MR) is 211 cm³/mol. The Bertz CT molecular complexity index is 2470. The first-order valence-electron chi connectivity index (χ1n) is 17.7. The Kier molecular flexibility index (Phi) is 7.04. The molecule has 0 radical (unpaired) electrons. The third-order valence-corrected chi connectivity index (χ3v) is 12.0. The van der Waals surface area contributed by atoms with Gasteiger partial charge in [0.1, 0.15) is 0 Å². The summed E-state index contributed by atoms with van der Waals surface area (Å²) < 4.78 is 0. The second kappa shape index (κ2) is 11.9. The zero-order valence-corrected chi connectivity index (χ0v) is 29.1. The topological polar surface area (TPSA) is 25.8 Å². The summed E-state index contributed by atoms with van der Waals surface area (Å²) in [5.41, 5.74) is 15.4. The average molecular weight is 671 g/mol. The van der Waals surface area contributed by atoms with E-state index in [4.69, 9.17) is 9.97 Å². The summed E-state index contributed by atoms with van der Waals surface area (Å²) in [5, 5.41) is 0. The number of benzene rings is 6. The highest BCUT2D eigenvalue weighted by Gasteiger charge is 2.53. The fourth-order valence-electron chi connectivity index (χ4n) is 8.65. The molecule has 2 unspecified atom stereocenters. The van der Waals surface area contributed by atoms with Crippen LogP contribution in [0.15, 0.2) is 185 Å². The Hall–Kier alpha value is -5.77. The van der Waals surface area contributed by atoms with Gasteiger partial charge < -0.3 is 0 Å². The largest absolute Gasteiger partial charge is 0.228 e. The fraction of sp³-hybridized carbons (Fsp3) is 0.0833. The molecule has 10 rings (SSSR count). The molecular formula is C48H34N2S. The fourth-order valence-corrected chi connectivity index (χ4v) is 9.99. The first-order valence-corrected chi connectivity index (χ1v) is 18.5. The molecule has 2 heterocycles. The normalized spacial score (nSPS) is 18.3. The van der Waals surface area contributed by atoms with Gasteiger partial charge in [-0.15, -0.1) is 0 Å². The van der Waals surface area contributed by atoms with E-state index in [9.17, 15) is 0 Å². The Balaban J connectivity index is 1.17. The van der Waals surface area contributed by atoms with E-state index >= 15 is 0 Å². The SMILES string of the molecule is CC1CC=CC2=C1C1(c3ccccc3S2)c2ccccc2-c2cccc(-c3ccc(-c4nc(-c5ccccc5)cc(-c5ccccc5)n4)cc3)c21. The van der Waals surface area contributed by atoms with Crippen molar-refractivity contribution in [2.75, 3.05) is 0 Å². The number of aromatic nitrogens is 2. The molecule has 0 saturated heterocycles. The van der Waals surface area contributed by atoms with Crippen molar-refractivity contribution in [1.29, 1.82) is 0 Å². The molecule has 2 aliphatic carbocycles. The summed E-state index contributed by atoms with van der Waals surface area (Å²) >= 11 is 1.93. The van der Waals surface area contributed by atoms with Gasteiger partial charge >= 0.3 is 0 Å². The lowest BCUT2D eigenvalue weighted by Crippen LogP contribution is -2.36. The third kappa shape index (κ3) is 4.65. The number of fused-ring (bicyclic) bond motifs is 8. The summed E-state index contributed by atoms with van der Waals surface area (Å²) in [6.45, 7) is 2.42. The Morgan fingerprint density at radius 3 is 1.86 bits per heavy atom. The monoisotopic (exact) mass is 670 g/mol. The molecule has 6 aromatic carbocycles. The smallest absolute Gasteiger partial charge is 0.160 e. The van der Waals surface area contributed by atoms with Crippen molar-refractivity contribution in [2.45, 2.75) is 23.7 Å². The molecule has 51 heavy (non-hydrogen) atoms. The van der Waals surface area contributed by atoms with Crippen LogP contribution in [0.3, 0.4) is 0 Å². The minimum atomic E-state index is -0.375. The second-order valence-corrected chi connectivity index (χ2v) is 14.8. The molecule has 7 aromatic rings. The number of thioether (sulfide) groups is 1. The van der Waals surface area contributed by atoms with Crippen LogP contribution in [0.1, 0.15) is 30.0 Å². The summed E-state index contributed by atoms with van der Waals surface area (Å²) in [6, 6.07) is 56.9. The van der Waals surface area contributed by atoms with E-state index in [0.717, 1.165) is 40.3 Å². The Labute approximate surface area is 303 Å². The van der Waals surface area contributed by atoms with Crippen LogP contribution in [0.5, 0.6) is 0 Å². The molecule has 242 valence electrons. The molecule has 2 atom stereocenters. The van der Waals surface area contributed by atoms with Crippen molar-refractivity contribution in [3.8, 4) is 56.2 Å². The van der Waals surface area contributed by atoms with Gasteiger partial charge in [0, 0.05) is 26.5 Å². The van der Waals surface area contributed by atoms with E-state index in [1.807, 2.05) is 23.9 Å². The van der Waals surface area contributed by atoms with Gasteiger partial charge in [-0.1, -0.05) is 176 Å². The molecule has 2 nitrogen and oxygen atoms in total. The maximum absolute atomic E-state index is 5.11. The van der Waals surface area contributed by atoms with Crippen molar-refractivity contribution >= 4 is 11.8 Å². The van der Waals surface area contributed by atoms with Gasteiger partial charge in [0.2, 0.25) is 0 Å². The maximum Gasteiger partial charge on any atom is 0.160 e.